The van der Waals surface area contributed by atoms with Crippen LogP contribution in [0, 0.1) is 5.92 Å². The highest BCUT2D eigenvalue weighted by Gasteiger charge is 2.27. The van der Waals surface area contributed by atoms with Gasteiger partial charge in [-0.15, -0.1) is 0 Å². The minimum atomic E-state index is 0.000634. The molecule has 1 atom stereocenters. The van der Waals surface area contributed by atoms with Gasteiger partial charge >= 0.3 is 0 Å². The Balaban J connectivity index is 1.19. The van der Waals surface area contributed by atoms with E-state index in [1.54, 1.807) is 0 Å². The number of nitrogens with one attached hydrogen (secondary N) is 2. The second kappa shape index (κ2) is 9.60. The highest BCUT2D eigenvalue weighted by molar-refractivity contribution is 6.04. The van der Waals surface area contributed by atoms with E-state index >= 15 is 0 Å². The van der Waals surface area contributed by atoms with E-state index in [-0.39, 0.29) is 11.8 Å². The third kappa shape index (κ3) is 4.67. The minimum Gasteiger partial charge on any atom is -0.355 e. The number of rotatable bonds is 7. The van der Waals surface area contributed by atoms with Crippen molar-refractivity contribution < 1.29 is 9.59 Å². The molecule has 0 bridgehead atoms. The predicted molar refractivity (Wildman–Crippen MR) is 117 cm³/mol. The lowest BCUT2D eigenvalue weighted by atomic mass is 9.92. The van der Waals surface area contributed by atoms with Crippen LogP contribution in [-0.2, 0) is 4.79 Å². The van der Waals surface area contributed by atoms with Gasteiger partial charge in [-0.1, -0.05) is 25.1 Å². The Morgan fingerprint density at radius 2 is 1.97 bits per heavy atom. The van der Waals surface area contributed by atoms with Crippen molar-refractivity contribution in [3.63, 3.8) is 0 Å². The number of carbonyl (C=O) groups excluding carboxylic acids is 2. The molecule has 0 radical (unpaired) electrons. The van der Waals surface area contributed by atoms with E-state index in [0.717, 1.165) is 62.9 Å². The fourth-order valence-electron chi connectivity index (χ4n) is 4.90. The van der Waals surface area contributed by atoms with Crippen molar-refractivity contribution in [2.24, 2.45) is 5.92 Å². The predicted octanol–water partition coefficient (Wildman–Crippen LogP) is 2.80. The van der Waals surface area contributed by atoms with Crippen molar-refractivity contribution in [2.45, 2.75) is 51.5 Å². The van der Waals surface area contributed by atoms with E-state index in [1.807, 2.05) is 29.2 Å². The van der Waals surface area contributed by atoms with Crippen LogP contribution in [0.5, 0.6) is 0 Å². The van der Waals surface area contributed by atoms with Gasteiger partial charge in [0.15, 0.2) is 5.69 Å². The van der Waals surface area contributed by atoms with Crippen LogP contribution < -0.4 is 5.32 Å². The quantitative estimate of drug-likeness (QED) is 0.734. The second-order valence-corrected chi connectivity index (χ2v) is 8.62. The topological polar surface area (TPSA) is 81.3 Å². The molecule has 2 aliphatic rings. The van der Waals surface area contributed by atoms with Gasteiger partial charge in [-0.3, -0.25) is 19.6 Å². The first-order valence-corrected chi connectivity index (χ1v) is 11.4. The molecule has 2 aliphatic heterocycles. The van der Waals surface area contributed by atoms with Gasteiger partial charge < -0.3 is 10.2 Å². The Hall–Kier alpha value is -2.41. The lowest BCUT2D eigenvalue weighted by Gasteiger charge is -2.31. The monoisotopic (exact) mass is 411 g/mol. The Kier molecular flexibility index (Phi) is 6.67. The maximum Gasteiger partial charge on any atom is 0.274 e. The number of likely N-dealkylation sites (N-methyl/N-ethyl adjacent to an activating group) is 1. The van der Waals surface area contributed by atoms with E-state index in [9.17, 15) is 9.59 Å². The summed E-state index contributed by atoms with van der Waals surface area (Å²) in [6.07, 6.45) is 5.82. The summed E-state index contributed by atoms with van der Waals surface area (Å²) in [5.74, 6) is 0.675. The van der Waals surface area contributed by atoms with Crippen molar-refractivity contribution >= 4 is 22.7 Å². The van der Waals surface area contributed by atoms with Crippen LogP contribution in [0.3, 0.4) is 0 Å². The van der Waals surface area contributed by atoms with Gasteiger partial charge in [0.2, 0.25) is 5.91 Å². The number of hydrogen-bond acceptors (Lipinski definition) is 4. The number of hydrogen-bond donors (Lipinski definition) is 2. The van der Waals surface area contributed by atoms with Crippen LogP contribution in [0.25, 0.3) is 10.9 Å². The van der Waals surface area contributed by atoms with Crippen LogP contribution in [0.4, 0.5) is 0 Å². The lowest BCUT2D eigenvalue weighted by Crippen LogP contribution is -2.40. The SMILES string of the molecule is CCN1CCC[C@@H]1CNC(=O)CCC1CCN(C(=O)c2n[nH]c3ccccc23)CC1. The standard InChI is InChI=1S/C23H33N5O2/c1-2-27-13-5-6-18(27)16-24-21(29)10-9-17-11-14-28(15-12-17)23(30)22-19-7-3-4-8-20(19)25-26-22/h3-4,7-8,17-18H,2,5-6,9-16H2,1H3,(H,24,29)(H,25,26)/t18-/m1/s1. The Bertz CT molecular complexity index is 871. The molecule has 0 saturated carbocycles. The number of amides is 2. The number of fused-ring (bicyclic) bond motifs is 1. The highest BCUT2D eigenvalue weighted by atomic mass is 16.2. The summed E-state index contributed by atoms with van der Waals surface area (Å²) < 4.78 is 0. The van der Waals surface area contributed by atoms with E-state index in [1.165, 1.54) is 12.8 Å². The van der Waals surface area contributed by atoms with Crippen LogP contribution in [0.2, 0.25) is 0 Å². The van der Waals surface area contributed by atoms with Gasteiger partial charge in [-0.2, -0.15) is 5.10 Å². The van der Waals surface area contributed by atoms with Crippen LogP contribution in [0.15, 0.2) is 24.3 Å². The molecule has 3 heterocycles. The maximum atomic E-state index is 12.9. The van der Waals surface area contributed by atoms with E-state index in [0.29, 0.717) is 24.1 Å². The van der Waals surface area contributed by atoms with Crippen LogP contribution in [0.1, 0.15) is 55.9 Å². The van der Waals surface area contributed by atoms with Crippen LogP contribution >= 0.6 is 0 Å². The Morgan fingerprint density at radius 1 is 1.17 bits per heavy atom. The molecule has 1 aromatic carbocycles. The molecule has 30 heavy (non-hydrogen) atoms. The van der Waals surface area contributed by atoms with E-state index in [4.69, 9.17) is 0 Å². The van der Waals surface area contributed by atoms with Crippen LogP contribution in [-0.4, -0.2) is 70.6 Å². The molecule has 2 N–H and O–H groups in total. The number of benzene rings is 1. The molecule has 7 heteroatoms. The van der Waals surface area contributed by atoms with Crippen molar-refractivity contribution in [1.82, 2.24) is 25.3 Å². The number of likely N-dealkylation sites (tertiary alicyclic amines) is 2. The number of nitrogens with zero attached hydrogens (tertiary/aromatic N) is 3. The van der Waals surface area contributed by atoms with Gasteiger partial charge in [0.05, 0.1) is 5.52 Å². The van der Waals surface area contributed by atoms with Gasteiger partial charge in [0, 0.05) is 37.5 Å². The third-order valence-corrected chi connectivity index (χ3v) is 6.79. The third-order valence-electron chi connectivity index (χ3n) is 6.79. The molecule has 162 valence electrons. The number of para-hydroxylation sites is 1. The fraction of sp³-hybridized carbons (Fsp3) is 0.609. The van der Waals surface area contributed by atoms with E-state index < -0.39 is 0 Å². The molecule has 0 spiro atoms. The van der Waals surface area contributed by atoms with E-state index in [2.05, 4.69) is 27.3 Å². The Morgan fingerprint density at radius 3 is 2.77 bits per heavy atom. The zero-order chi connectivity index (χ0) is 20.9. The summed E-state index contributed by atoms with van der Waals surface area (Å²) >= 11 is 0. The summed E-state index contributed by atoms with van der Waals surface area (Å²) in [4.78, 5) is 29.5. The number of carbonyl (C=O) groups is 2. The fourth-order valence-corrected chi connectivity index (χ4v) is 4.90. The first kappa shape index (κ1) is 20.8. The first-order chi connectivity index (χ1) is 14.7. The van der Waals surface area contributed by atoms with Gasteiger partial charge in [0.1, 0.15) is 0 Å². The Labute approximate surface area is 178 Å². The molecule has 2 aromatic rings. The first-order valence-electron chi connectivity index (χ1n) is 11.4. The number of H-pyrrole nitrogens is 1. The van der Waals surface area contributed by atoms with Crippen molar-refractivity contribution in [3.05, 3.63) is 30.0 Å². The number of aromatic nitrogens is 2. The van der Waals surface area contributed by atoms with Crippen molar-refractivity contribution in [2.75, 3.05) is 32.7 Å². The van der Waals surface area contributed by atoms with Crippen molar-refractivity contribution in [3.8, 4) is 0 Å². The van der Waals surface area contributed by atoms with Crippen molar-refractivity contribution in [1.29, 1.82) is 0 Å². The number of aromatic amines is 1. The van der Waals surface area contributed by atoms with Gasteiger partial charge in [-0.25, -0.2) is 0 Å². The molecular formula is C23H33N5O2. The molecule has 0 aliphatic carbocycles. The molecule has 0 unspecified atom stereocenters. The average Bonchev–Trinajstić information content (AvgIpc) is 3.42. The second-order valence-electron chi connectivity index (χ2n) is 8.62. The summed E-state index contributed by atoms with van der Waals surface area (Å²) in [6, 6.07) is 8.24. The van der Waals surface area contributed by atoms with Gasteiger partial charge in [0.25, 0.3) is 5.91 Å². The number of piperidine rings is 1. The molecule has 2 fully saturated rings. The summed E-state index contributed by atoms with van der Waals surface area (Å²) in [5.41, 5.74) is 1.40. The molecule has 1 aromatic heterocycles. The molecule has 2 amide bonds. The highest BCUT2D eigenvalue weighted by Crippen LogP contribution is 2.24. The maximum absolute atomic E-state index is 12.9. The summed E-state index contributed by atoms with van der Waals surface area (Å²) in [6.45, 7) is 6.65. The molecule has 7 nitrogen and oxygen atoms in total. The molecule has 4 rings (SSSR count). The zero-order valence-corrected chi connectivity index (χ0v) is 17.9. The molecule has 2 saturated heterocycles. The molecular weight excluding hydrogens is 378 g/mol. The lowest BCUT2D eigenvalue weighted by molar-refractivity contribution is -0.121. The average molecular weight is 412 g/mol. The zero-order valence-electron chi connectivity index (χ0n) is 17.9. The normalized spacial score (nSPS) is 20.7. The smallest absolute Gasteiger partial charge is 0.274 e. The van der Waals surface area contributed by atoms with Gasteiger partial charge in [-0.05, 0) is 57.2 Å². The minimum absolute atomic E-state index is 0.000634. The summed E-state index contributed by atoms with van der Waals surface area (Å²) in [5, 5.41) is 11.2. The largest absolute Gasteiger partial charge is 0.355 e. The summed E-state index contributed by atoms with van der Waals surface area (Å²) in [7, 11) is 0.